The van der Waals surface area contributed by atoms with E-state index in [0.29, 0.717) is 6.79 Å². The van der Waals surface area contributed by atoms with Crippen LogP contribution in [0, 0.1) is 12.8 Å². The molecule has 1 saturated carbocycles. The second-order valence-electron chi connectivity index (χ2n) is 5.77. The van der Waals surface area contributed by atoms with Crippen molar-refractivity contribution in [2.45, 2.75) is 43.6 Å². The van der Waals surface area contributed by atoms with Gasteiger partial charge < -0.3 is 9.47 Å². The number of rotatable bonds is 7. The van der Waals surface area contributed by atoms with Gasteiger partial charge in [-0.1, -0.05) is 12.1 Å². The first kappa shape index (κ1) is 17.4. The Morgan fingerprint density at radius 3 is 2.55 bits per heavy atom. The fraction of sp³-hybridized carbons (Fsp3) is 0.625. The van der Waals surface area contributed by atoms with Crippen molar-refractivity contribution in [1.82, 2.24) is 0 Å². The summed E-state index contributed by atoms with van der Waals surface area (Å²) in [5.74, 6) is 0.266. The maximum Gasteiger partial charge on any atom is 0.296 e. The zero-order chi connectivity index (χ0) is 16.0. The molecule has 0 aliphatic heterocycles. The van der Waals surface area contributed by atoms with E-state index in [4.69, 9.17) is 13.7 Å². The summed E-state index contributed by atoms with van der Waals surface area (Å²) in [6.45, 7) is 2.42. The molecule has 0 aromatic heterocycles. The summed E-state index contributed by atoms with van der Waals surface area (Å²) in [4.78, 5) is 0.226. The van der Waals surface area contributed by atoms with Crippen LogP contribution in [0.15, 0.2) is 29.2 Å². The summed E-state index contributed by atoms with van der Waals surface area (Å²) in [5.41, 5.74) is 0.903. The van der Waals surface area contributed by atoms with Gasteiger partial charge >= 0.3 is 0 Å². The van der Waals surface area contributed by atoms with E-state index in [1.807, 2.05) is 13.0 Å². The largest absolute Gasteiger partial charge is 0.359 e. The van der Waals surface area contributed by atoms with Gasteiger partial charge in [-0.15, -0.1) is 0 Å². The SMILES string of the molecule is COCOC1CCC(COS(=O)(=O)c2cccc(C)c2)CC1. The lowest BCUT2D eigenvalue weighted by atomic mass is 9.88. The summed E-state index contributed by atoms with van der Waals surface area (Å²) in [6, 6.07) is 6.78. The first-order valence-electron chi connectivity index (χ1n) is 7.58. The number of ether oxygens (including phenoxy) is 2. The number of methoxy groups -OCH3 is 1. The molecule has 6 heteroatoms. The van der Waals surface area contributed by atoms with Crippen LogP contribution in [-0.2, 0) is 23.8 Å². The molecule has 0 heterocycles. The molecule has 1 aliphatic carbocycles. The summed E-state index contributed by atoms with van der Waals surface area (Å²) in [6.07, 6.45) is 3.88. The van der Waals surface area contributed by atoms with Gasteiger partial charge in [0.05, 0.1) is 17.6 Å². The quantitative estimate of drug-likeness (QED) is 0.569. The van der Waals surface area contributed by atoms with Gasteiger partial charge in [0.25, 0.3) is 10.1 Å². The third kappa shape index (κ3) is 5.05. The van der Waals surface area contributed by atoms with Crippen molar-refractivity contribution in [1.29, 1.82) is 0 Å². The normalized spacial score (nSPS) is 22.6. The smallest absolute Gasteiger partial charge is 0.296 e. The Hall–Kier alpha value is -0.950. The van der Waals surface area contributed by atoms with Gasteiger partial charge in [0.15, 0.2) is 0 Å². The fourth-order valence-electron chi connectivity index (χ4n) is 2.65. The molecule has 124 valence electrons. The lowest BCUT2D eigenvalue weighted by molar-refractivity contribution is -0.0868. The molecule has 0 saturated heterocycles. The molecule has 1 aromatic carbocycles. The molecule has 22 heavy (non-hydrogen) atoms. The first-order valence-corrected chi connectivity index (χ1v) is 8.98. The Morgan fingerprint density at radius 2 is 1.91 bits per heavy atom. The van der Waals surface area contributed by atoms with Gasteiger partial charge in [0.2, 0.25) is 0 Å². The first-order chi connectivity index (χ1) is 10.5. The van der Waals surface area contributed by atoms with E-state index in [9.17, 15) is 8.42 Å². The van der Waals surface area contributed by atoms with E-state index >= 15 is 0 Å². The summed E-state index contributed by atoms with van der Waals surface area (Å²) in [5, 5.41) is 0. The number of hydrogen-bond donors (Lipinski definition) is 0. The summed E-state index contributed by atoms with van der Waals surface area (Å²) in [7, 11) is -2.05. The van der Waals surface area contributed by atoms with Gasteiger partial charge in [-0.3, -0.25) is 4.18 Å². The molecule has 0 amide bonds. The number of hydrogen-bond acceptors (Lipinski definition) is 5. The Balaban J connectivity index is 1.81. The summed E-state index contributed by atoms with van der Waals surface area (Å²) >= 11 is 0. The number of aryl methyl sites for hydroxylation is 1. The topological polar surface area (TPSA) is 61.8 Å². The minimum atomic E-state index is -3.66. The van der Waals surface area contributed by atoms with E-state index in [1.54, 1.807) is 25.3 Å². The monoisotopic (exact) mass is 328 g/mol. The van der Waals surface area contributed by atoms with Crippen molar-refractivity contribution in [2.75, 3.05) is 20.5 Å². The molecule has 1 fully saturated rings. The minimum absolute atomic E-state index is 0.213. The molecule has 0 radical (unpaired) electrons. The van der Waals surface area contributed by atoms with Crippen molar-refractivity contribution in [2.24, 2.45) is 5.92 Å². The van der Waals surface area contributed by atoms with Crippen molar-refractivity contribution < 1.29 is 22.1 Å². The lowest BCUT2D eigenvalue weighted by Crippen LogP contribution is -2.25. The minimum Gasteiger partial charge on any atom is -0.359 e. The van der Waals surface area contributed by atoms with Crippen LogP contribution in [0.25, 0.3) is 0 Å². The predicted molar refractivity (Wildman–Crippen MR) is 83.0 cm³/mol. The van der Waals surface area contributed by atoms with Gasteiger partial charge in [-0.2, -0.15) is 8.42 Å². The zero-order valence-corrected chi connectivity index (χ0v) is 14.0. The van der Waals surface area contributed by atoms with Gasteiger partial charge in [0.1, 0.15) is 6.79 Å². The lowest BCUT2D eigenvalue weighted by Gasteiger charge is -2.27. The van der Waals surface area contributed by atoms with Crippen LogP contribution in [0.4, 0.5) is 0 Å². The van der Waals surface area contributed by atoms with Crippen LogP contribution in [0.1, 0.15) is 31.2 Å². The molecule has 0 unspecified atom stereocenters. The maximum atomic E-state index is 12.2. The average Bonchev–Trinajstić information content (AvgIpc) is 2.52. The average molecular weight is 328 g/mol. The Bertz CT molecular complexity index is 562. The van der Waals surface area contributed by atoms with Crippen LogP contribution in [0.3, 0.4) is 0 Å². The van der Waals surface area contributed by atoms with Crippen molar-refractivity contribution in [3.63, 3.8) is 0 Å². The third-order valence-electron chi connectivity index (χ3n) is 3.95. The Labute approximate surface area is 132 Å². The van der Waals surface area contributed by atoms with Crippen LogP contribution >= 0.6 is 0 Å². The van der Waals surface area contributed by atoms with E-state index in [0.717, 1.165) is 31.2 Å². The van der Waals surface area contributed by atoms with Crippen LogP contribution in [0.2, 0.25) is 0 Å². The predicted octanol–water partition coefficient (Wildman–Crippen LogP) is 2.88. The molecule has 1 aliphatic rings. The van der Waals surface area contributed by atoms with Crippen molar-refractivity contribution in [3.8, 4) is 0 Å². The molecule has 0 atom stereocenters. The highest BCUT2D eigenvalue weighted by atomic mass is 32.2. The molecule has 5 nitrogen and oxygen atoms in total. The van der Waals surface area contributed by atoms with E-state index in [1.165, 1.54) is 0 Å². The highest BCUT2D eigenvalue weighted by Crippen LogP contribution is 2.27. The Morgan fingerprint density at radius 1 is 1.18 bits per heavy atom. The van der Waals surface area contributed by atoms with E-state index < -0.39 is 10.1 Å². The molecule has 2 rings (SSSR count). The molecular formula is C16H24O5S. The third-order valence-corrected chi connectivity index (χ3v) is 5.23. The molecular weight excluding hydrogens is 304 g/mol. The Kier molecular flexibility index (Phi) is 6.37. The van der Waals surface area contributed by atoms with Gasteiger partial charge in [-0.05, 0) is 56.2 Å². The highest BCUT2D eigenvalue weighted by Gasteiger charge is 2.24. The fourth-order valence-corrected chi connectivity index (χ4v) is 3.74. The maximum absolute atomic E-state index is 12.2. The van der Waals surface area contributed by atoms with Gasteiger partial charge in [0, 0.05) is 7.11 Å². The number of benzene rings is 1. The molecule has 0 spiro atoms. The van der Waals surface area contributed by atoms with Crippen LogP contribution < -0.4 is 0 Å². The van der Waals surface area contributed by atoms with Crippen molar-refractivity contribution >= 4 is 10.1 Å². The standard InChI is InChI=1S/C16H24O5S/c1-13-4-3-5-16(10-13)22(17,18)21-11-14-6-8-15(9-7-14)20-12-19-2/h3-5,10,14-15H,6-9,11-12H2,1-2H3. The second-order valence-corrected chi connectivity index (χ2v) is 7.39. The van der Waals surface area contributed by atoms with Crippen LogP contribution in [-0.4, -0.2) is 35.0 Å². The highest BCUT2D eigenvalue weighted by molar-refractivity contribution is 7.86. The molecule has 0 N–H and O–H groups in total. The second kappa shape index (κ2) is 8.06. The van der Waals surface area contributed by atoms with E-state index in [2.05, 4.69) is 0 Å². The van der Waals surface area contributed by atoms with Crippen LogP contribution in [0.5, 0.6) is 0 Å². The molecule has 1 aromatic rings. The van der Waals surface area contributed by atoms with E-state index in [-0.39, 0.29) is 23.5 Å². The van der Waals surface area contributed by atoms with Crippen molar-refractivity contribution in [3.05, 3.63) is 29.8 Å². The zero-order valence-electron chi connectivity index (χ0n) is 13.2. The molecule has 0 bridgehead atoms. The van der Waals surface area contributed by atoms with Gasteiger partial charge in [-0.25, -0.2) is 0 Å². The summed E-state index contributed by atoms with van der Waals surface area (Å²) < 4.78 is 40.0.